The molecule has 0 atom stereocenters. The van der Waals surface area contributed by atoms with E-state index >= 15 is 0 Å². The van der Waals surface area contributed by atoms with E-state index in [4.69, 9.17) is 16.3 Å². The summed E-state index contributed by atoms with van der Waals surface area (Å²) in [5.41, 5.74) is 3.55. The molecule has 21 heavy (non-hydrogen) atoms. The Balaban J connectivity index is 2.77. The van der Waals surface area contributed by atoms with Crippen LogP contribution in [0.25, 0.3) is 11.1 Å². The van der Waals surface area contributed by atoms with Crippen LogP contribution < -0.4 is 10.3 Å². The van der Waals surface area contributed by atoms with Crippen LogP contribution in [-0.4, -0.2) is 18.0 Å². The van der Waals surface area contributed by atoms with Crippen molar-refractivity contribution in [2.45, 2.75) is 13.8 Å². The van der Waals surface area contributed by atoms with Gasteiger partial charge < -0.3 is 9.30 Å². The monoisotopic (exact) mass is 305 g/mol. The highest BCUT2D eigenvalue weighted by Gasteiger charge is 2.14. The van der Waals surface area contributed by atoms with Crippen LogP contribution in [-0.2, 0) is 7.05 Å². The van der Waals surface area contributed by atoms with Gasteiger partial charge in [0.2, 0.25) is 0 Å². The maximum absolute atomic E-state index is 11.9. The van der Waals surface area contributed by atoms with Crippen LogP contribution in [0.3, 0.4) is 0 Å². The van der Waals surface area contributed by atoms with Crippen LogP contribution in [0.5, 0.6) is 5.75 Å². The van der Waals surface area contributed by atoms with Crippen LogP contribution in [0.2, 0.25) is 5.02 Å². The van der Waals surface area contributed by atoms with E-state index in [9.17, 15) is 9.59 Å². The normalized spacial score (nSPS) is 10.5. The minimum Gasteiger partial charge on any atom is -0.496 e. The second-order valence-electron chi connectivity index (χ2n) is 4.90. The molecule has 0 fully saturated rings. The fourth-order valence-electron chi connectivity index (χ4n) is 2.30. The summed E-state index contributed by atoms with van der Waals surface area (Å²) in [7, 11) is 3.19. The average Bonchev–Trinajstić information content (AvgIpc) is 2.47. The van der Waals surface area contributed by atoms with Crippen LogP contribution in [0.1, 0.15) is 21.5 Å². The molecule has 1 heterocycles. The standard InChI is InChI=1S/C16H16ClNO3/c1-9-10(2)16(20)18(3)7-12(9)11-5-14(17)13(8-19)15(6-11)21-4/h5-8H,1-4H3. The zero-order valence-electron chi connectivity index (χ0n) is 12.4. The molecule has 0 saturated carbocycles. The number of rotatable bonds is 3. The number of carbonyl (C=O) groups excluding carboxylic acids is 1. The molecule has 4 nitrogen and oxygen atoms in total. The second-order valence-corrected chi connectivity index (χ2v) is 5.31. The number of benzene rings is 1. The molecule has 1 aromatic carbocycles. The maximum atomic E-state index is 11.9. The Morgan fingerprint density at radius 2 is 1.90 bits per heavy atom. The Kier molecular flexibility index (Phi) is 4.19. The van der Waals surface area contributed by atoms with E-state index in [1.54, 1.807) is 32.3 Å². The summed E-state index contributed by atoms with van der Waals surface area (Å²) in [6.07, 6.45) is 2.43. The third-order valence-electron chi connectivity index (χ3n) is 3.67. The minimum absolute atomic E-state index is 0.0289. The molecule has 0 saturated heterocycles. The molecule has 0 unspecified atom stereocenters. The van der Waals surface area contributed by atoms with E-state index in [1.165, 1.54) is 11.7 Å². The highest BCUT2D eigenvalue weighted by atomic mass is 35.5. The number of aldehydes is 1. The molecule has 0 amide bonds. The van der Waals surface area contributed by atoms with E-state index in [0.29, 0.717) is 28.2 Å². The predicted octanol–water partition coefficient (Wildman–Crippen LogP) is 3.14. The lowest BCUT2D eigenvalue weighted by Crippen LogP contribution is -2.20. The van der Waals surface area contributed by atoms with Gasteiger partial charge in [-0.1, -0.05) is 11.6 Å². The van der Waals surface area contributed by atoms with Gasteiger partial charge in [0, 0.05) is 24.4 Å². The lowest BCUT2D eigenvalue weighted by atomic mass is 9.98. The Labute approximate surface area is 127 Å². The minimum atomic E-state index is -0.0289. The molecule has 2 aromatic rings. The van der Waals surface area contributed by atoms with E-state index < -0.39 is 0 Å². The molecule has 0 aliphatic heterocycles. The van der Waals surface area contributed by atoms with Gasteiger partial charge in [0.05, 0.1) is 17.7 Å². The first-order chi connectivity index (χ1) is 9.90. The number of aryl methyl sites for hydroxylation is 1. The summed E-state index contributed by atoms with van der Waals surface area (Å²) in [6.45, 7) is 3.68. The van der Waals surface area contributed by atoms with Crippen molar-refractivity contribution in [3.05, 3.63) is 50.4 Å². The van der Waals surface area contributed by atoms with Gasteiger partial charge in [0.1, 0.15) is 5.75 Å². The summed E-state index contributed by atoms with van der Waals surface area (Å²) in [5, 5.41) is 0.324. The van der Waals surface area contributed by atoms with Crippen LogP contribution in [0.4, 0.5) is 0 Å². The first kappa shape index (κ1) is 15.3. The number of aromatic nitrogens is 1. The summed E-state index contributed by atoms with van der Waals surface area (Å²) in [6, 6.07) is 3.46. The van der Waals surface area contributed by atoms with Crippen molar-refractivity contribution in [1.82, 2.24) is 4.57 Å². The molecule has 2 rings (SSSR count). The summed E-state index contributed by atoms with van der Waals surface area (Å²) in [4.78, 5) is 23.0. The average molecular weight is 306 g/mol. The summed E-state index contributed by atoms with van der Waals surface area (Å²) < 4.78 is 6.75. The number of carbonyl (C=O) groups is 1. The summed E-state index contributed by atoms with van der Waals surface area (Å²) in [5.74, 6) is 0.415. The van der Waals surface area contributed by atoms with Crippen molar-refractivity contribution in [2.24, 2.45) is 7.05 Å². The molecular weight excluding hydrogens is 290 g/mol. The Hall–Kier alpha value is -2.07. The number of nitrogens with zero attached hydrogens (tertiary/aromatic N) is 1. The van der Waals surface area contributed by atoms with Gasteiger partial charge >= 0.3 is 0 Å². The van der Waals surface area contributed by atoms with Crippen molar-refractivity contribution in [1.29, 1.82) is 0 Å². The van der Waals surface area contributed by atoms with Crippen molar-refractivity contribution in [3.63, 3.8) is 0 Å². The lowest BCUT2D eigenvalue weighted by molar-refractivity contribution is 0.112. The first-order valence-corrected chi connectivity index (χ1v) is 6.78. The highest BCUT2D eigenvalue weighted by molar-refractivity contribution is 6.33. The van der Waals surface area contributed by atoms with Gasteiger partial charge in [-0.15, -0.1) is 0 Å². The number of ether oxygens (including phenoxy) is 1. The fourth-order valence-corrected chi connectivity index (χ4v) is 2.55. The molecule has 0 N–H and O–H groups in total. The van der Waals surface area contributed by atoms with Crippen LogP contribution in [0, 0.1) is 13.8 Å². The maximum Gasteiger partial charge on any atom is 0.253 e. The summed E-state index contributed by atoms with van der Waals surface area (Å²) >= 11 is 6.15. The van der Waals surface area contributed by atoms with Crippen molar-refractivity contribution >= 4 is 17.9 Å². The number of hydrogen-bond donors (Lipinski definition) is 0. The largest absolute Gasteiger partial charge is 0.496 e. The smallest absolute Gasteiger partial charge is 0.253 e. The molecule has 0 aliphatic rings. The van der Waals surface area contributed by atoms with E-state index in [2.05, 4.69) is 0 Å². The van der Waals surface area contributed by atoms with Gasteiger partial charge in [-0.05, 0) is 37.1 Å². The molecule has 0 radical (unpaired) electrons. The van der Waals surface area contributed by atoms with E-state index in [-0.39, 0.29) is 5.56 Å². The van der Waals surface area contributed by atoms with Crippen molar-refractivity contribution < 1.29 is 9.53 Å². The Morgan fingerprint density at radius 3 is 2.48 bits per heavy atom. The fraction of sp³-hybridized carbons (Fsp3) is 0.250. The molecule has 1 aromatic heterocycles. The van der Waals surface area contributed by atoms with Crippen molar-refractivity contribution in [2.75, 3.05) is 7.11 Å². The zero-order valence-corrected chi connectivity index (χ0v) is 13.1. The van der Waals surface area contributed by atoms with Crippen LogP contribution >= 0.6 is 11.6 Å². The predicted molar refractivity (Wildman–Crippen MR) is 83.5 cm³/mol. The number of halogens is 1. The Morgan fingerprint density at radius 1 is 1.24 bits per heavy atom. The molecule has 0 spiro atoms. The van der Waals surface area contributed by atoms with Gasteiger partial charge in [-0.3, -0.25) is 9.59 Å². The van der Waals surface area contributed by atoms with Gasteiger partial charge in [-0.2, -0.15) is 0 Å². The third kappa shape index (κ3) is 2.59. The highest BCUT2D eigenvalue weighted by Crippen LogP contribution is 2.33. The number of pyridine rings is 1. The topological polar surface area (TPSA) is 48.3 Å². The molecule has 5 heteroatoms. The molecular formula is C16H16ClNO3. The molecule has 0 bridgehead atoms. The quantitative estimate of drug-likeness (QED) is 0.819. The third-order valence-corrected chi connectivity index (χ3v) is 3.98. The zero-order chi connectivity index (χ0) is 15.7. The van der Waals surface area contributed by atoms with Gasteiger partial charge in [0.25, 0.3) is 5.56 Å². The molecule has 0 aliphatic carbocycles. The van der Waals surface area contributed by atoms with Crippen LogP contribution in [0.15, 0.2) is 23.1 Å². The SMILES string of the molecule is COc1cc(-c2cn(C)c(=O)c(C)c2C)cc(Cl)c1C=O. The van der Waals surface area contributed by atoms with Crippen molar-refractivity contribution in [3.8, 4) is 16.9 Å². The van der Waals surface area contributed by atoms with Gasteiger partial charge in [0.15, 0.2) is 6.29 Å². The molecule has 110 valence electrons. The lowest BCUT2D eigenvalue weighted by Gasteiger charge is -2.14. The second kappa shape index (κ2) is 5.74. The Bertz CT molecular complexity index is 778. The van der Waals surface area contributed by atoms with Gasteiger partial charge in [-0.25, -0.2) is 0 Å². The number of methoxy groups -OCH3 is 1. The first-order valence-electron chi connectivity index (χ1n) is 6.40. The van der Waals surface area contributed by atoms with E-state index in [1.807, 2.05) is 6.92 Å². The van der Waals surface area contributed by atoms with E-state index in [0.717, 1.165) is 16.7 Å². The number of hydrogen-bond acceptors (Lipinski definition) is 3.